The fourth-order valence-electron chi connectivity index (χ4n) is 2.13. The molecule has 0 fully saturated rings. The smallest absolute Gasteiger partial charge is 0.190 e. The molecule has 0 atom stereocenters. The predicted octanol–water partition coefficient (Wildman–Crippen LogP) is 3.34. The first-order chi connectivity index (χ1) is 10.2. The van der Waals surface area contributed by atoms with E-state index in [1.165, 1.54) is 10.4 Å². The molecule has 0 unspecified atom stereocenters. The molecule has 0 amide bonds. The molecule has 0 spiro atoms. The number of hydrogen-bond acceptors (Lipinski definition) is 5. The van der Waals surface area contributed by atoms with Crippen molar-refractivity contribution in [3.05, 3.63) is 40.4 Å². The van der Waals surface area contributed by atoms with Crippen LogP contribution in [-0.4, -0.2) is 26.2 Å². The lowest BCUT2D eigenvalue weighted by Crippen LogP contribution is -2.09. The number of benzene rings is 1. The summed E-state index contributed by atoms with van der Waals surface area (Å²) in [5.74, 6) is 0. The van der Waals surface area contributed by atoms with Crippen molar-refractivity contribution < 1.29 is 4.74 Å². The Bertz CT molecular complexity index is 542. The third-order valence-electron chi connectivity index (χ3n) is 3.40. The molecule has 0 radical (unpaired) electrons. The average molecular weight is 305 g/mol. The molecule has 0 saturated carbocycles. The Morgan fingerprint density at radius 3 is 2.57 bits per heavy atom. The van der Waals surface area contributed by atoms with Crippen LogP contribution in [0.2, 0.25) is 0 Å². The summed E-state index contributed by atoms with van der Waals surface area (Å²) in [4.78, 5) is 8.07. The number of aromatic nitrogens is 1. The SMILES string of the molecule is CCc1ccc(N(C)c2nc(COC)c(CNC)s2)cc1. The predicted molar refractivity (Wildman–Crippen MR) is 89.5 cm³/mol. The van der Waals surface area contributed by atoms with Gasteiger partial charge in [0.1, 0.15) is 0 Å². The zero-order chi connectivity index (χ0) is 15.2. The number of thiazole rings is 1. The Kier molecular flexibility index (Phi) is 5.73. The molecule has 4 nitrogen and oxygen atoms in total. The van der Waals surface area contributed by atoms with Gasteiger partial charge in [0.05, 0.1) is 12.3 Å². The van der Waals surface area contributed by atoms with Gasteiger partial charge in [0.15, 0.2) is 5.13 Å². The zero-order valence-corrected chi connectivity index (χ0v) is 14.0. The van der Waals surface area contributed by atoms with E-state index in [0.29, 0.717) is 6.61 Å². The van der Waals surface area contributed by atoms with Gasteiger partial charge in [-0.3, -0.25) is 0 Å². The molecule has 0 aliphatic carbocycles. The summed E-state index contributed by atoms with van der Waals surface area (Å²) in [5.41, 5.74) is 3.52. The van der Waals surface area contributed by atoms with Gasteiger partial charge >= 0.3 is 0 Å². The highest BCUT2D eigenvalue weighted by atomic mass is 32.1. The van der Waals surface area contributed by atoms with Crippen LogP contribution in [0.5, 0.6) is 0 Å². The third-order valence-corrected chi connectivity index (χ3v) is 4.58. The number of nitrogens with zero attached hydrogens (tertiary/aromatic N) is 2. The number of aryl methyl sites for hydroxylation is 1. The van der Waals surface area contributed by atoms with Crippen molar-refractivity contribution in [3.8, 4) is 0 Å². The van der Waals surface area contributed by atoms with E-state index in [-0.39, 0.29) is 0 Å². The van der Waals surface area contributed by atoms with Gasteiger partial charge in [0.25, 0.3) is 0 Å². The van der Waals surface area contributed by atoms with Crippen LogP contribution in [0.4, 0.5) is 10.8 Å². The van der Waals surface area contributed by atoms with Crippen LogP contribution in [0, 0.1) is 0 Å². The molecule has 5 heteroatoms. The normalized spacial score (nSPS) is 10.9. The van der Waals surface area contributed by atoms with E-state index in [9.17, 15) is 0 Å². The van der Waals surface area contributed by atoms with E-state index < -0.39 is 0 Å². The summed E-state index contributed by atoms with van der Waals surface area (Å²) in [6, 6.07) is 8.63. The van der Waals surface area contributed by atoms with Gasteiger partial charge in [-0.25, -0.2) is 4.98 Å². The second-order valence-corrected chi connectivity index (χ2v) is 5.97. The molecule has 21 heavy (non-hydrogen) atoms. The van der Waals surface area contributed by atoms with E-state index in [2.05, 4.69) is 48.5 Å². The van der Waals surface area contributed by atoms with E-state index in [1.54, 1.807) is 18.4 Å². The molecule has 1 aromatic heterocycles. The third kappa shape index (κ3) is 3.81. The molecule has 2 aromatic rings. The summed E-state index contributed by atoms with van der Waals surface area (Å²) in [5, 5.41) is 4.18. The zero-order valence-electron chi connectivity index (χ0n) is 13.1. The van der Waals surface area contributed by atoms with Crippen molar-refractivity contribution in [2.45, 2.75) is 26.5 Å². The Labute approximate surface area is 130 Å². The summed E-state index contributed by atoms with van der Waals surface area (Å²) >= 11 is 1.71. The van der Waals surface area contributed by atoms with Gasteiger partial charge in [0.2, 0.25) is 0 Å². The van der Waals surface area contributed by atoms with Crippen molar-refractivity contribution >= 4 is 22.2 Å². The van der Waals surface area contributed by atoms with Crippen LogP contribution in [0.3, 0.4) is 0 Å². The first-order valence-electron chi connectivity index (χ1n) is 7.14. The lowest BCUT2D eigenvalue weighted by Gasteiger charge is -2.16. The molecule has 0 aliphatic rings. The van der Waals surface area contributed by atoms with Crippen LogP contribution in [-0.2, 0) is 24.3 Å². The van der Waals surface area contributed by atoms with Crippen LogP contribution in [0.25, 0.3) is 0 Å². The van der Waals surface area contributed by atoms with Crippen LogP contribution < -0.4 is 10.2 Å². The maximum atomic E-state index is 5.24. The Morgan fingerprint density at radius 1 is 1.29 bits per heavy atom. The molecule has 1 aromatic carbocycles. The van der Waals surface area contributed by atoms with Crippen LogP contribution >= 0.6 is 11.3 Å². The average Bonchev–Trinajstić information content (AvgIpc) is 2.90. The number of nitrogens with one attached hydrogen (secondary N) is 1. The van der Waals surface area contributed by atoms with Gasteiger partial charge in [-0.1, -0.05) is 30.4 Å². The molecule has 0 saturated heterocycles. The fraction of sp³-hybridized carbons (Fsp3) is 0.438. The molecule has 0 bridgehead atoms. The number of anilines is 2. The summed E-state index contributed by atoms with van der Waals surface area (Å²) < 4.78 is 5.24. The highest BCUT2D eigenvalue weighted by molar-refractivity contribution is 7.15. The Morgan fingerprint density at radius 2 is 2.00 bits per heavy atom. The largest absolute Gasteiger partial charge is 0.378 e. The highest BCUT2D eigenvalue weighted by Gasteiger charge is 2.14. The first kappa shape index (κ1) is 15.9. The standard InChI is InChI=1S/C16H23N3OS/c1-5-12-6-8-13(9-7-12)19(3)16-18-14(11-20-4)15(21-16)10-17-2/h6-9,17H,5,10-11H2,1-4H3. The maximum absolute atomic E-state index is 5.24. The van der Waals surface area contributed by atoms with Gasteiger partial charge in [-0.05, 0) is 31.2 Å². The quantitative estimate of drug-likeness (QED) is 0.851. The second kappa shape index (κ2) is 7.54. The monoisotopic (exact) mass is 305 g/mol. The van der Waals surface area contributed by atoms with Gasteiger partial charge in [0, 0.05) is 31.3 Å². The number of hydrogen-bond donors (Lipinski definition) is 1. The van der Waals surface area contributed by atoms with Gasteiger partial charge in [-0.2, -0.15) is 0 Å². The van der Waals surface area contributed by atoms with E-state index in [1.807, 2.05) is 7.05 Å². The Hall–Kier alpha value is -1.43. The minimum atomic E-state index is 0.552. The second-order valence-electron chi connectivity index (χ2n) is 4.91. The number of methoxy groups -OCH3 is 1. The molecule has 2 rings (SSSR count). The number of ether oxygens (including phenoxy) is 1. The van der Waals surface area contributed by atoms with E-state index in [0.717, 1.165) is 29.5 Å². The lowest BCUT2D eigenvalue weighted by atomic mass is 10.1. The van der Waals surface area contributed by atoms with Gasteiger partial charge in [-0.15, -0.1) is 0 Å². The van der Waals surface area contributed by atoms with E-state index >= 15 is 0 Å². The van der Waals surface area contributed by atoms with Gasteiger partial charge < -0.3 is 15.0 Å². The van der Waals surface area contributed by atoms with Crippen molar-refractivity contribution in [2.75, 3.05) is 26.1 Å². The van der Waals surface area contributed by atoms with E-state index in [4.69, 9.17) is 9.72 Å². The summed E-state index contributed by atoms with van der Waals surface area (Å²) in [6.07, 6.45) is 1.06. The summed E-state index contributed by atoms with van der Waals surface area (Å²) in [6.45, 7) is 3.54. The van der Waals surface area contributed by atoms with Crippen molar-refractivity contribution in [3.63, 3.8) is 0 Å². The molecule has 114 valence electrons. The topological polar surface area (TPSA) is 37.4 Å². The highest BCUT2D eigenvalue weighted by Crippen LogP contribution is 2.31. The first-order valence-corrected chi connectivity index (χ1v) is 7.96. The minimum absolute atomic E-state index is 0.552. The molecule has 1 heterocycles. The Balaban J connectivity index is 2.24. The van der Waals surface area contributed by atoms with Crippen LogP contribution in [0.1, 0.15) is 23.1 Å². The van der Waals surface area contributed by atoms with Crippen molar-refractivity contribution in [2.24, 2.45) is 0 Å². The van der Waals surface area contributed by atoms with Crippen LogP contribution in [0.15, 0.2) is 24.3 Å². The maximum Gasteiger partial charge on any atom is 0.190 e. The minimum Gasteiger partial charge on any atom is -0.378 e. The lowest BCUT2D eigenvalue weighted by molar-refractivity contribution is 0.181. The van der Waals surface area contributed by atoms with Crippen molar-refractivity contribution in [1.29, 1.82) is 0 Å². The van der Waals surface area contributed by atoms with Crippen molar-refractivity contribution in [1.82, 2.24) is 10.3 Å². The fourth-order valence-corrected chi connectivity index (χ4v) is 3.18. The molecule has 0 aliphatic heterocycles. The molecular weight excluding hydrogens is 282 g/mol. The molecular formula is C16H23N3OS. The summed E-state index contributed by atoms with van der Waals surface area (Å²) in [7, 11) is 5.71. The number of rotatable bonds is 7. The molecule has 1 N–H and O–H groups in total.